The fourth-order valence-corrected chi connectivity index (χ4v) is 0.916. The highest BCUT2D eigenvalue weighted by Crippen LogP contribution is 2.05. The van der Waals surface area contributed by atoms with E-state index < -0.39 is 0 Å². The van der Waals surface area contributed by atoms with Gasteiger partial charge in [0, 0.05) is 0 Å². The second-order valence-electron chi connectivity index (χ2n) is 5.63. The molecule has 0 heterocycles. The fourth-order valence-electron chi connectivity index (χ4n) is 0.916. The van der Waals surface area contributed by atoms with E-state index in [1.807, 2.05) is 41.5 Å². The van der Waals surface area contributed by atoms with Crippen LogP contribution in [-0.4, -0.2) is 22.9 Å². The van der Waals surface area contributed by atoms with Crippen molar-refractivity contribution < 1.29 is 0 Å². The van der Waals surface area contributed by atoms with Gasteiger partial charge in [0.2, 0.25) is 0 Å². The van der Waals surface area contributed by atoms with Crippen molar-refractivity contribution in [3.63, 3.8) is 0 Å². The van der Waals surface area contributed by atoms with E-state index in [1.165, 1.54) is 0 Å². The van der Waals surface area contributed by atoms with Gasteiger partial charge in [0.05, 0.1) is 16.9 Å². The van der Waals surface area contributed by atoms with Crippen LogP contribution >= 0.6 is 0 Å². The smallest absolute Gasteiger partial charge is 0.186 e. The summed E-state index contributed by atoms with van der Waals surface area (Å²) < 4.78 is 0. The van der Waals surface area contributed by atoms with Crippen molar-refractivity contribution in [1.29, 1.82) is 0 Å². The summed E-state index contributed by atoms with van der Waals surface area (Å²) in [6.45, 7) is 13.7. The Kier molecular flexibility index (Phi) is 6.80. The van der Waals surface area contributed by atoms with Gasteiger partial charge in [0.1, 0.15) is 0 Å². The lowest BCUT2D eigenvalue weighted by atomic mass is 10.1. The number of nitrogens with two attached hydrogens (primary N) is 3. The van der Waals surface area contributed by atoms with Crippen molar-refractivity contribution >= 4 is 11.8 Å². The Morgan fingerprint density at radius 3 is 1.06 bits per heavy atom. The fraction of sp³-hybridized carbons (Fsp3) is 0.818. The SMILES string of the molecule is CC(C)(C)N=C(N)N.CC(N)=NC(C)(C)C. The summed E-state index contributed by atoms with van der Waals surface area (Å²) in [5.41, 5.74) is 15.4. The molecule has 5 nitrogen and oxygen atoms in total. The maximum absolute atomic E-state index is 5.33. The van der Waals surface area contributed by atoms with E-state index in [9.17, 15) is 0 Å². The molecule has 5 heteroatoms. The summed E-state index contributed by atoms with van der Waals surface area (Å²) in [5.74, 6) is 0.801. The Morgan fingerprint density at radius 1 is 0.750 bits per heavy atom. The first-order valence-electron chi connectivity index (χ1n) is 5.26. The van der Waals surface area contributed by atoms with Gasteiger partial charge in [-0.25, -0.2) is 4.99 Å². The Balaban J connectivity index is 0. The molecule has 6 N–H and O–H groups in total. The van der Waals surface area contributed by atoms with Gasteiger partial charge in [-0.15, -0.1) is 0 Å². The summed E-state index contributed by atoms with van der Waals surface area (Å²) >= 11 is 0. The van der Waals surface area contributed by atoms with Crippen LogP contribution in [0.5, 0.6) is 0 Å². The molecule has 0 rings (SSSR count). The highest BCUT2D eigenvalue weighted by Gasteiger charge is 2.05. The molecule has 0 aromatic carbocycles. The summed E-state index contributed by atoms with van der Waals surface area (Å²) in [6, 6.07) is 0. The second kappa shape index (κ2) is 6.35. The Hall–Kier alpha value is -1.26. The highest BCUT2D eigenvalue weighted by molar-refractivity contribution is 5.77. The maximum atomic E-state index is 5.33. The van der Waals surface area contributed by atoms with Gasteiger partial charge in [-0.1, -0.05) is 0 Å². The Morgan fingerprint density at radius 2 is 1.06 bits per heavy atom. The van der Waals surface area contributed by atoms with Gasteiger partial charge >= 0.3 is 0 Å². The summed E-state index contributed by atoms with van der Waals surface area (Å²) in [4.78, 5) is 7.99. The third-order valence-corrected chi connectivity index (χ3v) is 0.976. The molecule has 0 aliphatic carbocycles. The van der Waals surface area contributed by atoms with Gasteiger partial charge in [-0.05, 0) is 48.5 Å². The van der Waals surface area contributed by atoms with Crippen LogP contribution in [0.25, 0.3) is 0 Å². The second-order valence-corrected chi connectivity index (χ2v) is 5.63. The van der Waals surface area contributed by atoms with Crippen LogP contribution in [0.3, 0.4) is 0 Å². The minimum absolute atomic E-state index is 0.0150. The maximum Gasteiger partial charge on any atom is 0.186 e. The number of hydrogen-bond donors (Lipinski definition) is 3. The zero-order chi connectivity index (χ0) is 13.6. The van der Waals surface area contributed by atoms with E-state index in [1.54, 1.807) is 6.92 Å². The van der Waals surface area contributed by atoms with Gasteiger partial charge in [0.15, 0.2) is 5.96 Å². The van der Waals surface area contributed by atoms with Crippen molar-refractivity contribution in [2.45, 2.75) is 59.5 Å². The zero-order valence-corrected chi connectivity index (χ0v) is 11.6. The quantitative estimate of drug-likeness (QED) is 0.430. The van der Waals surface area contributed by atoms with Crippen molar-refractivity contribution in [2.24, 2.45) is 27.2 Å². The van der Waals surface area contributed by atoms with Crippen molar-refractivity contribution in [3.05, 3.63) is 0 Å². The molecule has 16 heavy (non-hydrogen) atoms. The van der Waals surface area contributed by atoms with Crippen LogP contribution in [0.4, 0.5) is 0 Å². The molecule has 0 bridgehead atoms. The topological polar surface area (TPSA) is 103 Å². The average Bonchev–Trinajstić information content (AvgIpc) is 1.72. The molecule has 0 amide bonds. The molecule has 0 saturated heterocycles. The van der Waals surface area contributed by atoms with Crippen LogP contribution in [0, 0.1) is 0 Å². The van der Waals surface area contributed by atoms with E-state index in [-0.39, 0.29) is 17.0 Å². The van der Waals surface area contributed by atoms with Crippen LogP contribution in [0.2, 0.25) is 0 Å². The van der Waals surface area contributed by atoms with E-state index in [0.29, 0.717) is 5.84 Å². The molecule has 0 aliphatic heterocycles. The first-order chi connectivity index (χ1) is 6.83. The van der Waals surface area contributed by atoms with Crippen molar-refractivity contribution in [1.82, 2.24) is 0 Å². The van der Waals surface area contributed by atoms with Crippen LogP contribution in [-0.2, 0) is 0 Å². The first kappa shape index (κ1) is 17.1. The standard InChI is InChI=1S/C6H14N2.C5H13N3/c1-5(7)8-6(2,3)4;1-5(2,3)8-4(6)7/h1-4H3,(H2,7,8);1-3H3,(H4,6,7,8). The molecule has 0 atom stereocenters. The number of amidine groups is 1. The van der Waals surface area contributed by atoms with Gasteiger partial charge < -0.3 is 17.2 Å². The molecule has 0 aromatic heterocycles. The van der Waals surface area contributed by atoms with E-state index in [0.717, 1.165) is 0 Å². The summed E-state index contributed by atoms with van der Waals surface area (Å²) in [5, 5.41) is 0. The molecule has 0 aromatic rings. The lowest BCUT2D eigenvalue weighted by Gasteiger charge is -2.11. The number of aliphatic imine (C=N–C) groups is 2. The molecular formula is C11H27N5. The van der Waals surface area contributed by atoms with Crippen LogP contribution in [0.15, 0.2) is 9.98 Å². The van der Waals surface area contributed by atoms with Crippen LogP contribution in [0.1, 0.15) is 48.5 Å². The van der Waals surface area contributed by atoms with Crippen molar-refractivity contribution in [3.8, 4) is 0 Å². The molecule has 0 unspecified atom stereocenters. The van der Waals surface area contributed by atoms with Crippen LogP contribution < -0.4 is 17.2 Å². The normalized spacial score (nSPS) is 12.6. The summed E-state index contributed by atoms with van der Waals surface area (Å²) in [7, 11) is 0. The predicted molar refractivity (Wildman–Crippen MR) is 72.6 cm³/mol. The van der Waals surface area contributed by atoms with Crippen molar-refractivity contribution in [2.75, 3.05) is 0 Å². The van der Waals surface area contributed by atoms with E-state index >= 15 is 0 Å². The molecule has 96 valence electrons. The number of hydrogen-bond acceptors (Lipinski definition) is 2. The van der Waals surface area contributed by atoms with Gasteiger partial charge in [0.25, 0.3) is 0 Å². The van der Waals surface area contributed by atoms with E-state index in [4.69, 9.17) is 17.2 Å². The average molecular weight is 229 g/mol. The zero-order valence-electron chi connectivity index (χ0n) is 11.6. The minimum Gasteiger partial charge on any atom is -0.388 e. The minimum atomic E-state index is -0.140. The van der Waals surface area contributed by atoms with E-state index in [2.05, 4.69) is 9.98 Å². The molecule has 0 aliphatic rings. The lowest BCUT2D eigenvalue weighted by molar-refractivity contribution is 0.581. The first-order valence-corrected chi connectivity index (χ1v) is 5.26. The molecule has 0 radical (unpaired) electrons. The number of rotatable bonds is 0. The Labute approximate surface area is 99.2 Å². The third kappa shape index (κ3) is 23.0. The predicted octanol–water partition coefficient (Wildman–Crippen LogP) is 1.22. The summed E-state index contributed by atoms with van der Waals surface area (Å²) in [6.07, 6.45) is 0. The molecule has 0 fully saturated rings. The monoisotopic (exact) mass is 229 g/mol. The molecule has 0 saturated carbocycles. The molecule has 0 spiro atoms. The van der Waals surface area contributed by atoms with Gasteiger partial charge in [-0.3, -0.25) is 4.99 Å². The van der Waals surface area contributed by atoms with Gasteiger partial charge in [-0.2, -0.15) is 0 Å². The number of guanidine groups is 1. The molecular weight excluding hydrogens is 202 g/mol. The Bertz CT molecular complexity index is 217. The lowest BCUT2D eigenvalue weighted by Crippen LogP contribution is -2.27. The number of nitrogens with zero attached hydrogens (tertiary/aromatic N) is 2. The largest absolute Gasteiger partial charge is 0.388 e. The highest BCUT2D eigenvalue weighted by atomic mass is 15.0. The third-order valence-electron chi connectivity index (χ3n) is 0.976.